The largest absolute Gasteiger partial charge is 0.342 e. The van der Waals surface area contributed by atoms with Crippen LogP contribution in [0.15, 0.2) is 12.2 Å². The first kappa shape index (κ1) is 10.7. The summed E-state index contributed by atoms with van der Waals surface area (Å²) < 4.78 is 0. The maximum absolute atomic E-state index is 12.1. The first-order valence-electron chi connectivity index (χ1n) is 5.95. The third-order valence-corrected chi connectivity index (χ3v) is 3.52. The van der Waals surface area contributed by atoms with Gasteiger partial charge in [0.25, 0.3) is 0 Å². The summed E-state index contributed by atoms with van der Waals surface area (Å²) in [5.74, 6) is 1.09. The van der Waals surface area contributed by atoms with Crippen molar-refractivity contribution in [2.24, 2.45) is 17.6 Å². The fraction of sp³-hybridized carbons (Fsp3) is 0.750. The number of nitrogens with zero attached hydrogens (tertiary/aromatic N) is 1. The van der Waals surface area contributed by atoms with E-state index in [1.807, 2.05) is 4.90 Å². The fourth-order valence-electron chi connectivity index (χ4n) is 2.53. The average Bonchev–Trinajstić information content (AvgIpc) is 2.81. The molecule has 1 heterocycles. The number of carbonyl (C=O) groups excluding carboxylic acids is 1. The fourth-order valence-corrected chi connectivity index (χ4v) is 2.53. The summed E-state index contributed by atoms with van der Waals surface area (Å²) in [4.78, 5) is 14.1. The van der Waals surface area contributed by atoms with Gasteiger partial charge in [-0.05, 0) is 38.1 Å². The molecule has 0 unspecified atom stereocenters. The molecule has 0 spiro atoms. The molecule has 84 valence electrons. The van der Waals surface area contributed by atoms with Crippen LogP contribution < -0.4 is 5.73 Å². The smallest absolute Gasteiger partial charge is 0.226 e. The van der Waals surface area contributed by atoms with Gasteiger partial charge in [-0.3, -0.25) is 4.79 Å². The molecule has 0 aromatic carbocycles. The predicted molar refractivity (Wildman–Crippen MR) is 60.2 cm³/mol. The van der Waals surface area contributed by atoms with E-state index in [0.29, 0.717) is 18.4 Å². The molecule has 1 aliphatic carbocycles. The first-order chi connectivity index (χ1) is 7.31. The number of allylic oxidation sites excluding steroid dienone is 2. The van der Waals surface area contributed by atoms with E-state index >= 15 is 0 Å². The lowest BCUT2D eigenvalue weighted by Crippen LogP contribution is -2.44. The van der Waals surface area contributed by atoms with Crippen LogP contribution in [0, 0.1) is 11.8 Å². The lowest BCUT2D eigenvalue weighted by Gasteiger charge is -2.33. The molecule has 0 bridgehead atoms. The molecule has 1 aliphatic heterocycles. The third kappa shape index (κ3) is 2.40. The van der Waals surface area contributed by atoms with E-state index in [1.54, 1.807) is 0 Å². The zero-order valence-electron chi connectivity index (χ0n) is 9.19. The Balaban J connectivity index is 1.89. The lowest BCUT2D eigenvalue weighted by molar-refractivity contribution is -0.136. The number of amides is 1. The van der Waals surface area contributed by atoms with Crippen LogP contribution in [-0.2, 0) is 4.79 Å². The Labute approximate surface area is 91.3 Å². The Kier molecular flexibility index (Phi) is 3.41. The first-order valence-corrected chi connectivity index (χ1v) is 5.95. The maximum atomic E-state index is 12.1. The van der Waals surface area contributed by atoms with Gasteiger partial charge in [-0.25, -0.2) is 0 Å². The van der Waals surface area contributed by atoms with Crippen molar-refractivity contribution in [1.29, 1.82) is 0 Å². The van der Waals surface area contributed by atoms with E-state index in [-0.39, 0.29) is 5.92 Å². The minimum Gasteiger partial charge on any atom is -0.342 e. The Morgan fingerprint density at radius 3 is 2.80 bits per heavy atom. The molecule has 0 aromatic heterocycles. The van der Waals surface area contributed by atoms with Crippen LogP contribution in [0.25, 0.3) is 0 Å². The number of carbonyl (C=O) groups is 1. The highest BCUT2D eigenvalue weighted by molar-refractivity contribution is 5.79. The quantitative estimate of drug-likeness (QED) is 0.692. The van der Waals surface area contributed by atoms with E-state index in [1.165, 1.54) is 6.42 Å². The van der Waals surface area contributed by atoms with Crippen molar-refractivity contribution in [1.82, 2.24) is 4.90 Å². The zero-order valence-corrected chi connectivity index (χ0v) is 9.19. The van der Waals surface area contributed by atoms with E-state index in [0.717, 1.165) is 32.4 Å². The molecular weight excluding hydrogens is 188 g/mol. The van der Waals surface area contributed by atoms with Crippen LogP contribution in [0.2, 0.25) is 0 Å². The van der Waals surface area contributed by atoms with Gasteiger partial charge >= 0.3 is 0 Å². The minimum absolute atomic E-state index is 0.224. The van der Waals surface area contributed by atoms with Gasteiger partial charge in [-0.15, -0.1) is 0 Å². The Morgan fingerprint density at radius 2 is 2.13 bits per heavy atom. The Bertz CT molecular complexity index is 254. The van der Waals surface area contributed by atoms with Gasteiger partial charge in [0.05, 0.1) is 0 Å². The predicted octanol–water partition coefficient (Wildman–Crippen LogP) is 1.15. The van der Waals surface area contributed by atoms with Crippen molar-refractivity contribution in [3.63, 3.8) is 0 Å². The molecule has 2 rings (SSSR count). The van der Waals surface area contributed by atoms with E-state index in [2.05, 4.69) is 12.2 Å². The minimum atomic E-state index is 0.224. The molecule has 0 aromatic rings. The number of likely N-dealkylation sites (tertiary alicyclic amines) is 1. The van der Waals surface area contributed by atoms with Gasteiger partial charge in [-0.1, -0.05) is 12.2 Å². The molecule has 1 atom stereocenters. The normalized spacial score (nSPS) is 27.3. The SMILES string of the molecule is NC[C@@H]1CCCN(C(=O)C2CC=CC2)C1. The van der Waals surface area contributed by atoms with Crippen molar-refractivity contribution >= 4 is 5.91 Å². The van der Waals surface area contributed by atoms with E-state index in [9.17, 15) is 4.79 Å². The van der Waals surface area contributed by atoms with Crippen LogP contribution in [-0.4, -0.2) is 30.4 Å². The van der Waals surface area contributed by atoms with Gasteiger partial charge in [0.1, 0.15) is 0 Å². The van der Waals surface area contributed by atoms with Crippen molar-refractivity contribution in [2.45, 2.75) is 25.7 Å². The summed E-state index contributed by atoms with van der Waals surface area (Å²) in [6.07, 6.45) is 8.40. The maximum Gasteiger partial charge on any atom is 0.226 e. The summed E-state index contributed by atoms with van der Waals surface area (Å²) >= 11 is 0. The Hall–Kier alpha value is -0.830. The molecule has 1 saturated heterocycles. The van der Waals surface area contributed by atoms with Gasteiger partial charge in [-0.2, -0.15) is 0 Å². The number of hydrogen-bond acceptors (Lipinski definition) is 2. The molecule has 15 heavy (non-hydrogen) atoms. The second kappa shape index (κ2) is 4.79. The Morgan fingerprint density at radius 1 is 1.40 bits per heavy atom. The highest BCUT2D eigenvalue weighted by Gasteiger charge is 2.28. The third-order valence-electron chi connectivity index (χ3n) is 3.52. The molecule has 2 N–H and O–H groups in total. The van der Waals surface area contributed by atoms with Crippen LogP contribution in [0.3, 0.4) is 0 Å². The summed E-state index contributed by atoms with van der Waals surface area (Å²) in [5.41, 5.74) is 5.67. The second-order valence-electron chi connectivity index (χ2n) is 4.67. The van der Waals surface area contributed by atoms with Crippen molar-refractivity contribution in [3.8, 4) is 0 Å². The van der Waals surface area contributed by atoms with E-state index < -0.39 is 0 Å². The molecule has 1 amide bonds. The summed E-state index contributed by atoms with van der Waals surface area (Å²) in [6, 6.07) is 0. The van der Waals surface area contributed by atoms with E-state index in [4.69, 9.17) is 5.73 Å². The van der Waals surface area contributed by atoms with Crippen LogP contribution in [0.1, 0.15) is 25.7 Å². The molecule has 3 nitrogen and oxygen atoms in total. The number of hydrogen-bond donors (Lipinski definition) is 1. The van der Waals surface area contributed by atoms with Crippen molar-refractivity contribution in [2.75, 3.05) is 19.6 Å². The van der Waals surface area contributed by atoms with Gasteiger partial charge in [0.15, 0.2) is 0 Å². The number of piperidine rings is 1. The van der Waals surface area contributed by atoms with Gasteiger partial charge in [0.2, 0.25) is 5.91 Å². The summed E-state index contributed by atoms with van der Waals surface area (Å²) in [5, 5.41) is 0. The van der Waals surface area contributed by atoms with Gasteiger partial charge < -0.3 is 10.6 Å². The van der Waals surface area contributed by atoms with Crippen molar-refractivity contribution < 1.29 is 4.79 Å². The van der Waals surface area contributed by atoms with Crippen LogP contribution >= 0.6 is 0 Å². The molecule has 1 fully saturated rings. The standard InChI is InChI=1S/C12H20N2O/c13-8-10-4-3-7-14(9-10)12(15)11-5-1-2-6-11/h1-2,10-11H,3-9,13H2/t10-/m0/s1. The van der Waals surface area contributed by atoms with Gasteiger partial charge in [0, 0.05) is 19.0 Å². The molecular formula is C12H20N2O. The molecule has 0 saturated carbocycles. The molecule has 0 radical (unpaired) electrons. The highest BCUT2D eigenvalue weighted by Crippen LogP contribution is 2.23. The second-order valence-corrected chi connectivity index (χ2v) is 4.67. The number of rotatable bonds is 2. The topological polar surface area (TPSA) is 46.3 Å². The highest BCUT2D eigenvalue weighted by atomic mass is 16.2. The molecule has 2 aliphatic rings. The number of nitrogens with two attached hydrogens (primary N) is 1. The molecule has 3 heteroatoms. The lowest BCUT2D eigenvalue weighted by atomic mass is 9.96. The summed E-state index contributed by atoms with van der Waals surface area (Å²) in [6.45, 7) is 2.53. The zero-order chi connectivity index (χ0) is 10.7. The monoisotopic (exact) mass is 208 g/mol. The van der Waals surface area contributed by atoms with Crippen LogP contribution in [0.5, 0.6) is 0 Å². The van der Waals surface area contributed by atoms with Crippen molar-refractivity contribution in [3.05, 3.63) is 12.2 Å². The summed E-state index contributed by atoms with van der Waals surface area (Å²) in [7, 11) is 0. The average molecular weight is 208 g/mol. The van der Waals surface area contributed by atoms with Crippen LogP contribution in [0.4, 0.5) is 0 Å².